The summed E-state index contributed by atoms with van der Waals surface area (Å²) in [5.74, 6) is 1.34. The van der Waals surface area contributed by atoms with E-state index < -0.39 is 0 Å². The van der Waals surface area contributed by atoms with Crippen molar-refractivity contribution < 1.29 is 0 Å². The van der Waals surface area contributed by atoms with Crippen LogP contribution in [0.5, 0.6) is 0 Å². The van der Waals surface area contributed by atoms with Gasteiger partial charge in [-0.05, 0) is 18.8 Å². The van der Waals surface area contributed by atoms with Gasteiger partial charge in [0.05, 0.1) is 5.69 Å². The van der Waals surface area contributed by atoms with Crippen LogP contribution in [0, 0.1) is 5.92 Å². The summed E-state index contributed by atoms with van der Waals surface area (Å²) in [6.07, 6.45) is 6.54. The highest BCUT2D eigenvalue weighted by atomic mass is 16.1. The molecule has 2 aromatic heterocycles. The number of nitrogens with one attached hydrogen (secondary N) is 1. The van der Waals surface area contributed by atoms with E-state index in [-0.39, 0.29) is 11.0 Å². The average Bonchev–Trinajstić information content (AvgIpc) is 2.86. The van der Waals surface area contributed by atoms with Crippen LogP contribution in [0.4, 0.5) is 5.95 Å². The second-order valence-electron chi connectivity index (χ2n) is 8.19. The first kappa shape index (κ1) is 17.0. The molecular weight excluding hydrogens is 302 g/mol. The van der Waals surface area contributed by atoms with Gasteiger partial charge < -0.3 is 4.90 Å². The molecule has 24 heavy (non-hydrogen) atoms. The number of rotatable bonds is 3. The molecule has 0 radical (unpaired) electrons. The van der Waals surface area contributed by atoms with Crippen molar-refractivity contribution in [2.45, 2.75) is 58.3 Å². The van der Waals surface area contributed by atoms with Gasteiger partial charge >= 0.3 is 0 Å². The Balaban J connectivity index is 1.98. The summed E-state index contributed by atoms with van der Waals surface area (Å²) in [5.41, 5.74) is 1.88. The first-order valence-electron chi connectivity index (χ1n) is 8.96. The minimum Gasteiger partial charge on any atom is -0.345 e. The van der Waals surface area contributed by atoms with Crippen molar-refractivity contribution in [3.05, 3.63) is 16.0 Å². The minimum atomic E-state index is -0.153. The summed E-state index contributed by atoms with van der Waals surface area (Å²) in [6.45, 7) is 7.24. The Hall–Kier alpha value is -1.85. The van der Waals surface area contributed by atoms with Crippen molar-refractivity contribution in [1.29, 1.82) is 0 Å². The van der Waals surface area contributed by atoms with Crippen molar-refractivity contribution in [3.63, 3.8) is 0 Å². The van der Waals surface area contributed by atoms with Gasteiger partial charge in [-0.15, -0.1) is 0 Å². The normalized spacial score (nSPS) is 16.7. The molecule has 2 heterocycles. The molecule has 1 fully saturated rings. The number of H-pyrrole nitrogens is 1. The molecule has 0 aromatic carbocycles. The van der Waals surface area contributed by atoms with Gasteiger partial charge in [-0.2, -0.15) is 5.10 Å². The van der Waals surface area contributed by atoms with Crippen LogP contribution in [0.15, 0.2) is 4.79 Å². The van der Waals surface area contributed by atoms with E-state index in [1.807, 2.05) is 7.05 Å². The number of hydrogen-bond acceptors (Lipinski definition) is 4. The zero-order valence-corrected chi connectivity index (χ0v) is 15.5. The Kier molecular flexibility index (Phi) is 4.40. The maximum absolute atomic E-state index is 12.6. The maximum Gasteiger partial charge on any atom is 0.278 e. The van der Waals surface area contributed by atoms with E-state index in [4.69, 9.17) is 4.98 Å². The van der Waals surface area contributed by atoms with Gasteiger partial charge in [0.2, 0.25) is 5.95 Å². The van der Waals surface area contributed by atoms with Crippen LogP contribution in [0.1, 0.15) is 58.6 Å². The van der Waals surface area contributed by atoms with E-state index >= 15 is 0 Å². The fraction of sp³-hybridized carbons (Fsp3) is 0.722. The van der Waals surface area contributed by atoms with Crippen molar-refractivity contribution in [2.75, 3.05) is 18.5 Å². The van der Waals surface area contributed by atoms with Crippen molar-refractivity contribution >= 4 is 17.0 Å². The standard InChI is InChI=1S/C18H29N5O/c1-18(2,3)15-13-14(23(5)21-15)16(24)20-17(19-13)22(4)11-12-9-7-6-8-10-12/h12H,6-11H2,1-5H3,(H,19,20,24). The summed E-state index contributed by atoms with van der Waals surface area (Å²) >= 11 is 0. The van der Waals surface area contributed by atoms with Gasteiger partial charge in [0, 0.05) is 26.1 Å². The molecule has 0 saturated heterocycles. The van der Waals surface area contributed by atoms with Crippen molar-refractivity contribution in [3.8, 4) is 0 Å². The first-order valence-corrected chi connectivity index (χ1v) is 8.96. The van der Waals surface area contributed by atoms with Gasteiger partial charge in [0.25, 0.3) is 5.56 Å². The van der Waals surface area contributed by atoms with Gasteiger partial charge in [-0.25, -0.2) is 4.98 Å². The summed E-state index contributed by atoms with van der Waals surface area (Å²) in [5, 5.41) is 4.55. The monoisotopic (exact) mass is 331 g/mol. The van der Waals surface area contributed by atoms with Crippen LogP contribution in [0.3, 0.4) is 0 Å². The summed E-state index contributed by atoms with van der Waals surface area (Å²) in [4.78, 5) is 22.4. The molecule has 0 spiro atoms. The highest BCUT2D eigenvalue weighted by Gasteiger charge is 2.25. The summed E-state index contributed by atoms with van der Waals surface area (Å²) in [6, 6.07) is 0. The fourth-order valence-corrected chi connectivity index (χ4v) is 3.70. The molecule has 1 N–H and O–H groups in total. The summed E-state index contributed by atoms with van der Waals surface area (Å²) in [7, 11) is 3.83. The Bertz CT molecular complexity index is 777. The molecule has 1 aliphatic carbocycles. The average molecular weight is 331 g/mol. The molecule has 0 aliphatic heterocycles. The zero-order valence-electron chi connectivity index (χ0n) is 15.5. The lowest BCUT2D eigenvalue weighted by molar-refractivity contribution is 0.361. The topological polar surface area (TPSA) is 66.8 Å². The highest BCUT2D eigenvalue weighted by molar-refractivity contribution is 5.78. The number of hydrogen-bond donors (Lipinski definition) is 1. The largest absolute Gasteiger partial charge is 0.345 e. The Morgan fingerprint density at radius 1 is 1.25 bits per heavy atom. The Labute approximate surface area is 143 Å². The number of nitrogens with zero attached hydrogens (tertiary/aromatic N) is 4. The maximum atomic E-state index is 12.6. The molecule has 0 bridgehead atoms. The highest BCUT2D eigenvalue weighted by Crippen LogP contribution is 2.28. The van der Waals surface area contributed by atoms with Gasteiger partial charge in [0.1, 0.15) is 5.52 Å². The van der Waals surface area contributed by atoms with E-state index in [2.05, 4.69) is 35.8 Å². The van der Waals surface area contributed by atoms with Crippen LogP contribution in [0.25, 0.3) is 11.0 Å². The first-order chi connectivity index (χ1) is 11.3. The van der Waals surface area contributed by atoms with Crippen LogP contribution < -0.4 is 10.5 Å². The van der Waals surface area contributed by atoms with Crippen LogP contribution >= 0.6 is 0 Å². The van der Waals surface area contributed by atoms with E-state index in [1.54, 1.807) is 11.7 Å². The molecule has 3 rings (SSSR count). The van der Waals surface area contributed by atoms with Gasteiger partial charge in [-0.1, -0.05) is 40.0 Å². The number of fused-ring (bicyclic) bond motifs is 1. The lowest BCUT2D eigenvalue weighted by Gasteiger charge is -2.27. The third-order valence-electron chi connectivity index (χ3n) is 5.01. The van der Waals surface area contributed by atoms with Crippen molar-refractivity contribution in [1.82, 2.24) is 19.7 Å². The van der Waals surface area contributed by atoms with Crippen molar-refractivity contribution in [2.24, 2.45) is 13.0 Å². The predicted octanol–water partition coefficient (Wildman–Crippen LogP) is 2.97. The Morgan fingerprint density at radius 2 is 1.92 bits per heavy atom. The lowest BCUT2D eigenvalue weighted by Crippen LogP contribution is -2.30. The van der Waals surface area contributed by atoms with E-state index in [1.165, 1.54) is 32.1 Å². The second kappa shape index (κ2) is 6.22. The number of aromatic amines is 1. The molecular formula is C18H29N5O. The number of aromatic nitrogens is 4. The predicted molar refractivity (Wildman–Crippen MR) is 97.7 cm³/mol. The van der Waals surface area contributed by atoms with Gasteiger partial charge in [-0.3, -0.25) is 14.5 Å². The summed E-state index contributed by atoms with van der Waals surface area (Å²) < 4.78 is 1.65. The molecule has 1 saturated carbocycles. The quantitative estimate of drug-likeness (QED) is 0.939. The zero-order chi connectivity index (χ0) is 17.5. The second-order valence-corrected chi connectivity index (χ2v) is 8.19. The van der Waals surface area contributed by atoms with Crippen LogP contribution in [-0.4, -0.2) is 33.3 Å². The van der Waals surface area contributed by atoms with E-state index in [0.29, 0.717) is 17.4 Å². The Morgan fingerprint density at radius 3 is 2.54 bits per heavy atom. The fourth-order valence-electron chi connectivity index (χ4n) is 3.70. The number of anilines is 1. The molecule has 2 aromatic rings. The van der Waals surface area contributed by atoms with Gasteiger partial charge in [0.15, 0.2) is 5.52 Å². The molecule has 6 nitrogen and oxygen atoms in total. The third kappa shape index (κ3) is 3.19. The van der Waals surface area contributed by atoms with E-state index in [9.17, 15) is 4.79 Å². The minimum absolute atomic E-state index is 0.115. The smallest absolute Gasteiger partial charge is 0.278 e. The number of aryl methyl sites for hydroxylation is 1. The molecule has 132 valence electrons. The molecule has 0 amide bonds. The third-order valence-corrected chi connectivity index (χ3v) is 5.01. The molecule has 0 atom stereocenters. The molecule has 6 heteroatoms. The van der Waals surface area contributed by atoms with E-state index in [0.717, 1.165) is 17.8 Å². The lowest BCUT2D eigenvalue weighted by atomic mass is 9.89. The SMILES string of the molecule is CN(CC1CCCCC1)c1nc2c(C(C)(C)C)nn(C)c2c(=O)[nH]1. The van der Waals surface area contributed by atoms with Crippen LogP contribution in [-0.2, 0) is 12.5 Å². The van der Waals surface area contributed by atoms with Crippen LogP contribution in [0.2, 0.25) is 0 Å². The molecule has 1 aliphatic rings. The molecule has 0 unspecified atom stereocenters.